The van der Waals surface area contributed by atoms with Crippen LogP contribution in [-0.4, -0.2) is 6.04 Å². The zero-order valence-electron chi connectivity index (χ0n) is 9.47. The van der Waals surface area contributed by atoms with Crippen LogP contribution in [0, 0.1) is 5.82 Å². The smallest absolute Gasteiger partial charge is 0.123 e. The van der Waals surface area contributed by atoms with Gasteiger partial charge in [-0.25, -0.2) is 4.39 Å². The Morgan fingerprint density at radius 2 is 1.94 bits per heavy atom. The molecule has 1 nitrogen and oxygen atoms in total. The van der Waals surface area contributed by atoms with Crippen molar-refractivity contribution >= 4 is 23.1 Å². The van der Waals surface area contributed by atoms with E-state index in [-0.39, 0.29) is 17.1 Å². The lowest BCUT2D eigenvalue weighted by molar-refractivity contribution is 0.625. The van der Waals surface area contributed by atoms with Gasteiger partial charge in [-0.05, 0) is 36.1 Å². The molecule has 17 heavy (non-hydrogen) atoms. The highest BCUT2D eigenvalue weighted by molar-refractivity contribution is 8.01. The van der Waals surface area contributed by atoms with Crippen LogP contribution in [0.15, 0.2) is 46.0 Å². The van der Waals surface area contributed by atoms with Crippen molar-refractivity contribution in [3.8, 4) is 0 Å². The van der Waals surface area contributed by atoms with E-state index in [0.29, 0.717) is 0 Å². The molecule has 2 N–H and O–H groups in total. The minimum absolute atomic E-state index is 0.0209. The van der Waals surface area contributed by atoms with E-state index in [2.05, 4.69) is 6.07 Å². The molecule has 2 aromatic rings. The van der Waals surface area contributed by atoms with Gasteiger partial charge in [0.25, 0.3) is 0 Å². The van der Waals surface area contributed by atoms with Gasteiger partial charge in [0.1, 0.15) is 5.82 Å². The van der Waals surface area contributed by atoms with E-state index >= 15 is 0 Å². The van der Waals surface area contributed by atoms with Crippen molar-refractivity contribution in [2.24, 2.45) is 5.73 Å². The Labute approximate surface area is 109 Å². The fourth-order valence-corrected chi connectivity index (χ4v) is 3.65. The zero-order valence-corrected chi connectivity index (χ0v) is 11.1. The van der Waals surface area contributed by atoms with Crippen molar-refractivity contribution < 1.29 is 4.39 Å². The molecule has 2 unspecified atom stereocenters. The molecule has 0 aliphatic heterocycles. The third kappa shape index (κ3) is 3.31. The Balaban J connectivity index is 2.20. The monoisotopic (exact) mass is 267 g/mol. The summed E-state index contributed by atoms with van der Waals surface area (Å²) in [5.74, 6) is -0.210. The lowest BCUT2D eigenvalue weighted by atomic mass is 10.1. The predicted octanol–water partition coefficient (Wildman–Crippen LogP) is 4.07. The van der Waals surface area contributed by atoms with Crippen LogP contribution in [-0.2, 0) is 0 Å². The number of rotatable bonds is 4. The first kappa shape index (κ1) is 12.6. The maximum Gasteiger partial charge on any atom is 0.123 e. The third-order valence-corrected chi connectivity index (χ3v) is 4.98. The molecule has 4 heteroatoms. The molecule has 2 rings (SSSR count). The number of hydrogen-bond donors (Lipinski definition) is 1. The normalized spacial score (nSPS) is 14.5. The summed E-state index contributed by atoms with van der Waals surface area (Å²) < 4.78 is 14.1. The summed E-state index contributed by atoms with van der Waals surface area (Å²) in [6, 6.07) is 10.7. The molecule has 0 saturated heterocycles. The fourth-order valence-electron chi connectivity index (χ4n) is 1.59. The number of benzene rings is 1. The van der Waals surface area contributed by atoms with Crippen LogP contribution < -0.4 is 5.73 Å². The van der Waals surface area contributed by atoms with E-state index in [9.17, 15) is 4.39 Å². The molecule has 1 aromatic carbocycles. The molecule has 2 atom stereocenters. The Morgan fingerprint density at radius 1 is 1.24 bits per heavy atom. The van der Waals surface area contributed by atoms with Gasteiger partial charge in [-0.1, -0.05) is 18.2 Å². The van der Waals surface area contributed by atoms with Crippen LogP contribution in [0.4, 0.5) is 4.39 Å². The molecule has 0 aliphatic carbocycles. The molecular weight excluding hydrogens is 253 g/mol. The summed E-state index contributed by atoms with van der Waals surface area (Å²) in [5.41, 5.74) is 7.08. The van der Waals surface area contributed by atoms with Crippen molar-refractivity contribution in [3.05, 3.63) is 53.2 Å². The highest BCUT2D eigenvalue weighted by atomic mass is 32.2. The van der Waals surface area contributed by atoms with Gasteiger partial charge in [0.2, 0.25) is 0 Å². The summed E-state index contributed by atoms with van der Waals surface area (Å²) in [5, 5.41) is 2.21. The highest BCUT2D eigenvalue weighted by Crippen LogP contribution is 2.39. The lowest BCUT2D eigenvalue weighted by Gasteiger charge is -2.20. The molecule has 1 aromatic heterocycles. The van der Waals surface area contributed by atoms with Crippen molar-refractivity contribution in [2.45, 2.75) is 22.4 Å². The van der Waals surface area contributed by atoms with E-state index < -0.39 is 0 Å². The second-order valence-electron chi connectivity index (χ2n) is 3.88. The average Bonchev–Trinajstić information content (AvgIpc) is 2.80. The maximum atomic E-state index is 12.9. The largest absolute Gasteiger partial charge is 0.327 e. The lowest BCUT2D eigenvalue weighted by Crippen LogP contribution is -2.22. The first-order valence-corrected chi connectivity index (χ1v) is 7.14. The van der Waals surface area contributed by atoms with Gasteiger partial charge >= 0.3 is 0 Å². The first-order valence-electron chi connectivity index (χ1n) is 5.38. The second-order valence-corrected chi connectivity index (χ2v) is 6.27. The fraction of sp³-hybridized carbons (Fsp3) is 0.231. The summed E-state index contributed by atoms with van der Waals surface area (Å²) >= 11 is 3.43. The number of nitrogens with two attached hydrogens (primary N) is 1. The van der Waals surface area contributed by atoms with Crippen LogP contribution >= 0.6 is 23.1 Å². The van der Waals surface area contributed by atoms with E-state index in [1.165, 1.54) is 16.3 Å². The number of thioether (sulfide) groups is 1. The summed E-state index contributed by atoms with van der Waals surface area (Å²) in [6.07, 6.45) is 0. The average molecular weight is 267 g/mol. The van der Waals surface area contributed by atoms with Gasteiger partial charge in [-0.15, -0.1) is 23.1 Å². The molecule has 1 heterocycles. The minimum Gasteiger partial charge on any atom is -0.327 e. The number of thiophene rings is 1. The van der Waals surface area contributed by atoms with E-state index in [1.807, 2.05) is 30.5 Å². The molecule has 0 radical (unpaired) electrons. The molecule has 0 saturated carbocycles. The molecular formula is C13H14FNS2. The van der Waals surface area contributed by atoms with Crippen LogP contribution in [0.25, 0.3) is 0 Å². The van der Waals surface area contributed by atoms with Gasteiger partial charge in [0, 0.05) is 6.04 Å². The molecule has 0 aliphatic rings. The standard InChI is InChI=1S/C13H14FNS2/c1-9(15)13(17-12-3-2-8-16-12)10-4-6-11(14)7-5-10/h2-9,13H,15H2,1H3. The van der Waals surface area contributed by atoms with Crippen LogP contribution in [0.5, 0.6) is 0 Å². The molecule has 0 amide bonds. The SMILES string of the molecule is CC(N)C(Sc1cccs1)c1ccc(F)cc1. The second kappa shape index (κ2) is 5.67. The summed E-state index contributed by atoms with van der Waals surface area (Å²) in [6.45, 7) is 1.98. The quantitative estimate of drug-likeness (QED) is 0.845. The van der Waals surface area contributed by atoms with Crippen LogP contribution in [0.1, 0.15) is 17.7 Å². The van der Waals surface area contributed by atoms with Crippen LogP contribution in [0.3, 0.4) is 0 Å². The maximum absolute atomic E-state index is 12.9. The van der Waals surface area contributed by atoms with Crippen LogP contribution in [0.2, 0.25) is 0 Å². The first-order chi connectivity index (χ1) is 8.16. The predicted molar refractivity (Wildman–Crippen MR) is 73.0 cm³/mol. The van der Waals surface area contributed by atoms with Crippen molar-refractivity contribution in [1.29, 1.82) is 0 Å². The van der Waals surface area contributed by atoms with Crippen molar-refractivity contribution in [2.75, 3.05) is 0 Å². The Bertz CT molecular complexity index is 451. The number of hydrogen-bond acceptors (Lipinski definition) is 3. The van der Waals surface area contributed by atoms with E-state index in [0.717, 1.165) is 5.56 Å². The Hall–Kier alpha value is -0.840. The zero-order chi connectivity index (χ0) is 12.3. The van der Waals surface area contributed by atoms with Gasteiger partial charge < -0.3 is 5.73 Å². The van der Waals surface area contributed by atoms with E-state index in [4.69, 9.17) is 5.73 Å². The Kier molecular flexibility index (Phi) is 4.20. The minimum atomic E-state index is -0.210. The van der Waals surface area contributed by atoms with Crippen molar-refractivity contribution in [3.63, 3.8) is 0 Å². The Morgan fingerprint density at radius 3 is 2.47 bits per heavy atom. The summed E-state index contributed by atoms with van der Waals surface area (Å²) in [4.78, 5) is 0. The molecule has 90 valence electrons. The van der Waals surface area contributed by atoms with Crippen molar-refractivity contribution in [1.82, 2.24) is 0 Å². The summed E-state index contributed by atoms with van der Waals surface area (Å²) in [7, 11) is 0. The molecule has 0 fully saturated rings. The molecule has 0 bridgehead atoms. The topological polar surface area (TPSA) is 26.0 Å². The van der Waals surface area contributed by atoms with Gasteiger partial charge in [0.15, 0.2) is 0 Å². The van der Waals surface area contributed by atoms with Gasteiger partial charge in [0.05, 0.1) is 9.46 Å². The number of halogens is 1. The molecule has 0 spiro atoms. The highest BCUT2D eigenvalue weighted by Gasteiger charge is 2.18. The van der Waals surface area contributed by atoms with Gasteiger partial charge in [-0.2, -0.15) is 0 Å². The third-order valence-electron chi connectivity index (χ3n) is 2.41. The van der Waals surface area contributed by atoms with E-state index in [1.54, 1.807) is 23.1 Å². The van der Waals surface area contributed by atoms with Gasteiger partial charge in [-0.3, -0.25) is 0 Å².